The highest BCUT2D eigenvalue weighted by Gasteiger charge is 2.33. The van der Waals surface area contributed by atoms with Crippen LogP contribution in [0.4, 0.5) is 5.95 Å². The highest BCUT2D eigenvalue weighted by atomic mass is 16.5. The number of methoxy groups -OCH3 is 2. The van der Waals surface area contributed by atoms with Crippen molar-refractivity contribution in [2.24, 2.45) is 5.92 Å². The molecule has 3 rings (SSSR count). The van der Waals surface area contributed by atoms with Gasteiger partial charge in [-0.25, -0.2) is 0 Å². The van der Waals surface area contributed by atoms with Crippen molar-refractivity contribution in [2.75, 3.05) is 39.3 Å². The zero-order valence-electron chi connectivity index (χ0n) is 14.7. The van der Waals surface area contributed by atoms with E-state index in [-0.39, 0.29) is 5.92 Å². The summed E-state index contributed by atoms with van der Waals surface area (Å²) in [7, 11) is 5.11. The first kappa shape index (κ1) is 16.8. The van der Waals surface area contributed by atoms with Gasteiger partial charge in [-0.15, -0.1) is 0 Å². The van der Waals surface area contributed by atoms with Crippen LogP contribution in [-0.4, -0.2) is 61.2 Å². The van der Waals surface area contributed by atoms with Crippen LogP contribution in [0.5, 0.6) is 11.8 Å². The number of amides is 1. The normalized spacial score (nSPS) is 18.9. The Morgan fingerprint density at radius 1 is 1.12 bits per heavy atom. The van der Waals surface area contributed by atoms with Crippen molar-refractivity contribution in [1.82, 2.24) is 14.9 Å². The molecule has 0 aromatic carbocycles. The molecular formula is C17H26N4O3. The predicted molar refractivity (Wildman–Crippen MR) is 90.5 cm³/mol. The monoisotopic (exact) mass is 334 g/mol. The van der Waals surface area contributed by atoms with Gasteiger partial charge in [-0.2, -0.15) is 9.97 Å². The van der Waals surface area contributed by atoms with E-state index in [0.717, 1.165) is 38.8 Å². The lowest BCUT2D eigenvalue weighted by Gasteiger charge is -2.39. The lowest BCUT2D eigenvalue weighted by molar-refractivity contribution is -0.139. The minimum absolute atomic E-state index is 0.263. The van der Waals surface area contributed by atoms with Crippen LogP contribution in [0.1, 0.15) is 32.1 Å². The van der Waals surface area contributed by atoms with Crippen molar-refractivity contribution in [1.29, 1.82) is 0 Å². The topological polar surface area (TPSA) is 67.8 Å². The van der Waals surface area contributed by atoms with E-state index in [1.807, 2.05) is 11.9 Å². The summed E-state index contributed by atoms with van der Waals surface area (Å²) in [5.74, 6) is 2.20. The van der Waals surface area contributed by atoms with Gasteiger partial charge >= 0.3 is 0 Å². The quantitative estimate of drug-likeness (QED) is 0.817. The van der Waals surface area contributed by atoms with Crippen LogP contribution < -0.4 is 14.4 Å². The first-order chi connectivity index (χ1) is 11.6. The van der Waals surface area contributed by atoms with Gasteiger partial charge in [0, 0.05) is 32.1 Å². The fraction of sp³-hybridized carbons (Fsp3) is 0.706. The third kappa shape index (κ3) is 3.39. The highest BCUT2D eigenvalue weighted by molar-refractivity contribution is 5.79. The number of piperidine rings is 1. The Labute approximate surface area is 143 Å². The number of rotatable bonds is 5. The van der Waals surface area contributed by atoms with Gasteiger partial charge in [0.05, 0.1) is 20.3 Å². The summed E-state index contributed by atoms with van der Waals surface area (Å²) in [6.07, 6.45) is 5.16. The van der Waals surface area contributed by atoms with Crippen LogP contribution in [0, 0.1) is 5.92 Å². The van der Waals surface area contributed by atoms with Gasteiger partial charge in [0.1, 0.15) is 0 Å². The fourth-order valence-electron chi connectivity index (χ4n) is 3.32. The maximum atomic E-state index is 12.4. The maximum absolute atomic E-state index is 12.4. The second-order valence-electron chi connectivity index (χ2n) is 6.55. The van der Waals surface area contributed by atoms with Crippen LogP contribution >= 0.6 is 0 Å². The van der Waals surface area contributed by atoms with E-state index in [1.165, 1.54) is 6.42 Å². The molecule has 2 heterocycles. The Morgan fingerprint density at radius 2 is 1.71 bits per heavy atom. The summed E-state index contributed by atoms with van der Waals surface area (Å²) in [6, 6.07) is 1.98. The lowest BCUT2D eigenvalue weighted by atomic mass is 9.84. The van der Waals surface area contributed by atoms with Gasteiger partial charge in [0.25, 0.3) is 0 Å². The van der Waals surface area contributed by atoms with Crippen molar-refractivity contribution in [2.45, 2.75) is 38.1 Å². The molecule has 0 bridgehead atoms. The Balaban J connectivity index is 1.61. The number of nitrogens with zero attached hydrogens (tertiary/aromatic N) is 4. The summed E-state index contributed by atoms with van der Waals surface area (Å²) in [5, 5.41) is 0. The molecule has 0 spiro atoms. The molecule has 0 unspecified atom stereocenters. The van der Waals surface area contributed by atoms with Crippen molar-refractivity contribution >= 4 is 11.9 Å². The van der Waals surface area contributed by atoms with Crippen molar-refractivity contribution in [3.05, 3.63) is 6.07 Å². The minimum atomic E-state index is 0.263. The summed E-state index contributed by atoms with van der Waals surface area (Å²) in [4.78, 5) is 25.3. The Kier molecular flexibility index (Phi) is 5.06. The second kappa shape index (κ2) is 7.23. The summed E-state index contributed by atoms with van der Waals surface area (Å²) in [5.41, 5.74) is 0. The van der Waals surface area contributed by atoms with Gasteiger partial charge in [-0.05, 0) is 25.7 Å². The molecule has 24 heavy (non-hydrogen) atoms. The standard InChI is InChI=1S/C17H26N4O3/c1-20(16(22)12-5-4-6-12)13-7-9-21(10-8-13)17-18-14(23-2)11-15(19-17)24-3/h11-13H,4-10H2,1-3H3. The molecule has 1 aromatic rings. The molecule has 1 saturated carbocycles. The van der Waals surface area contributed by atoms with E-state index >= 15 is 0 Å². The summed E-state index contributed by atoms with van der Waals surface area (Å²) >= 11 is 0. The number of aromatic nitrogens is 2. The average Bonchev–Trinajstić information content (AvgIpc) is 2.59. The molecule has 2 fully saturated rings. The van der Waals surface area contributed by atoms with Crippen molar-refractivity contribution in [3.63, 3.8) is 0 Å². The third-order valence-electron chi connectivity index (χ3n) is 5.18. The van der Waals surface area contributed by atoms with E-state index in [9.17, 15) is 4.79 Å². The molecule has 0 radical (unpaired) electrons. The van der Waals surface area contributed by atoms with E-state index in [0.29, 0.717) is 29.7 Å². The molecule has 0 atom stereocenters. The van der Waals surface area contributed by atoms with Crippen LogP contribution in [0.25, 0.3) is 0 Å². The molecule has 1 amide bonds. The van der Waals surface area contributed by atoms with Crippen LogP contribution in [-0.2, 0) is 4.79 Å². The largest absolute Gasteiger partial charge is 0.481 e. The van der Waals surface area contributed by atoms with E-state index in [1.54, 1.807) is 20.3 Å². The molecule has 1 aliphatic carbocycles. The third-order valence-corrected chi connectivity index (χ3v) is 5.18. The predicted octanol–water partition coefficient (Wildman–Crippen LogP) is 1.72. The molecule has 1 aliphatic heterocycles. The van der Waals surface area contributed by atoms with Gasteiger partial charge < -0.3 is 19.3 Å². The summed E-state index contributed by atoms with van der Waals surface area (Å²) in [6.45, 7) is 1.65. The van der Waals surface area contributed by atoms with E-state index < -0.39 is 0 Å². The van der Waals surface area contributed by atoms with Crippen molar-refractivity contribution in [3.8, 4) is 11.8 Å². The van der Waals surface area contributed by atoms with Crippen molar-refractivity contribution < 1.29 is 14.3 Å². The molecular weight excluding hydrogens is 308 g/mol. The molecule has 7 heteroatoms. The SMILES string of the molecule is COc1cc(OC)nc(N2CCC(N(C)C(=O)C3CCC3)CC2)n1. The van der Waals surface area contributed by atoms with Gasteiger partial charge in [0.2, 0.25) is 23.6 Å². The number of carbonyl (C=O) groups excluding carboxylic acids is 1. The summed E-state index contributed by atoms with van der Waals surface area (Å²) < 4.78 is 10.4. The smallest absolute Gasteiger partial charge is 0.231 e. The minimum Gasteiger partial charge on any atom is -0.481 e. The zero-order chi connectivity index (χ0) is 17.1. The molecule has 1 aromatic heterocycles. The Hall–Kier alpha value is -2.05. The number of ether oxygens (including phenoxy) is 2. The molecule has 7 nitrogen and oxygen atoms in total. The van der Waals surface area contributed by atoms with Gasteiger partial charge in [0.15, 0.2) is 0 Å². The number of hydrogen-bond acceptors (Lipinski definition) is 6. The molecule has 132 valence electrons. The number of carbonyl (C=O) groups is 1. The average molecular weight is 334 g/mol. The zero-order valence-corrected chi connectivity index (χ0v) is 14.7. The molecule has 1 saturated heterocycles. The second-order valence-corrected chi connectivity index (χ2v) is 6.55. The van der Waals surface area contributed by atoms with Gasteiger partial charge in [-0.1, -0.05) is 6.42 Å². The Morgan fingerprint density at radius 3 is 2.17 bits per heavy atom. The first-order valence-electron chi connectivity index (χ1n) is 8.61. The molecule has 2 aliphatic rings. The van der Waals surface area contributed by atoms with Crippen LogP contribution in [0.2, 0.25) is 0 Å². The van der Waals surface area contributed by atoms with Gasteiger partial charge in [-0.3, -0.25) is 4.79 Å². The highest BCUT2D eigenvalue weighted by Crippen LogP contribution is 2.30. The number of anilines is 1. The lowest BCUT2D eigenvalue weighted by Crippen LogP contribution is -2.48. The van der Waals surface area contributed by atoms with E-state index in [2.05, 4.69) is 14.9 Å². The van der Waals surface area contributed by atoms with E-state index in [4.69, 9.17) is 9.47 Å². The van der Waals surface area contributed by atoms with Crippen LogP contribution in [0.3, 0.4) is 0 Å². The fourth-order valence-corrected chi connectivity index (χ4v) is 3.32. The Bertz CT molecular complexity index is 561. The maximum Gasteiger partial charge on any atom is 0.231 e. The number of hydrogen-bond donors (Lipinski definition) is 0. The molecule has 0 N–H and O–H groups in total. The first-order valence-corrected chi connectivity index (χ1v) is 8.61. The van der Waals surface area contributed by atoms with Crippen LogP contribution in [0.15, 0.2) is 6.07 Å².